The molecule has 4 aromatic rings. The van der Waals surface area contributed by atoms with Gasteiger partial charge in [-0.25, -0.2) is 14.8 Å². The zero-order valence-corrected chi connectivity index (χ0v) is 16.7. The largest absolute Gasteiger partial charge is 0.465 e. The van der Waals surface area contributed by atoms with E-state index in [1.54, 1.807) is 23.7 Å². The van der Waals surface area contributed by atoms with E-state index in [1.165, 1.54) is 7.11 Å². The van der Waals surface area contributed by atoms with Crippen LogP contribution in [0.3, 0.4) is 0 Å². The van der Waals surface area contributed by atoms with Gasteiger partial charge in [0.2, 0.25) is 0 Å². The zero-order valence-electron chi connectivity index (χ0n) is 15.9. The van der Waals surface area contributed by atoms with Gasteiger partial charge in [0.25, 0.3) is 0 Å². The number of nitrogens with one attached hydrogen (secondary N) is 2. The lowest BCUT2D eigenvalue weighted by Gasteiger charge is -2.10. The molecule has 6 nitrogen and oxygen atoms in total. The molecule has 0 saturated heterocycles. The summed E-state index contributed by atoms with van der Waals surface area (Å²) in [6.07, 6.45) is 1.58. The highest BCUT2D eigenvalue weighted by atomic mass is 32.1. The van der Waals surface area contributed by atoms with Gasteiger partial charge in [-0.1, -0.05) is 42.5 Å². The number of carbonyl (C=O) groups is 1. The summed E-state index contributed by atoms with van der Waals surface area (Å²) in [6.45, 7) is 1.14. The summed E-state index contributed by atoms with van der Waals surface area (Å²) in [4.78, 5) is 21.5. The van der Waals surface area contributed by atoms with Crippen molar-refractivity contribution in [2.45, 2.75) is 6.54 Å². The first kappa shape index (κ1) is 19.0. The normalized spacial score (nSPS) is 10.8. The van der Waals surface area contributed by atoms with Crippen molar-refractivity contribution in [2.24, 2.45) is 0 Å². The molecule has 0 spiro atoms. The minimum atomic E-state index is -0.334. The van der Waals surface area contributed by atoms with Crippen LogP contribution >= 0.6 is 11.3 Å². The van der Waals surface area contributed by atoms with Crippen LogP contribution in [0.5, 0.6) is 0 Å². The van der Waals surface area contributed by atoms with Gasteiger partial charge in [-0.15, -0.1) is 11.3 Å². The third kappa shape index (κ3) is 4.26. The van der Waals surface area contributed by atoms with Gasteiger partial charge >= 0.3 is 5.97 Å². The molecule has 29 heavy (non-hydrogen) atoms. The van der Waals surface area contributed by atoms with Crippen molar-refractivity contribution in [1.82, 2.24) is 15.3 Å². The molecule has 7 heteroatoms. The summed E-state index contributed by atoms with van der Waals surface area (Å²) >= 11 is 1.61. The molecule has 4 rings (SSSR count). The van der Waals surface area contributed by atoms with Crippen LogP contribution in [-0.2, 0) is 11.3 Å². The molecule has 0 atom stereocenters. The maximum atomic E-state index is 11.7. The van der Waals surface area contributed by atoms with Crippen molar-refractivity contribution < 1.29 is 9.53 Å². The van der Waals surface area contributed by atoms with Crippen LogP contribution < -0.4 is 10.6 Å². The Balaban J connectivity index is 1.46. The van der Waals surface area contributed by atoms with Crippen LogP contribution in [-0.4, -0.2) is 29.7 Å². The van der Waals surface area contributed by atoms with Gasteiger partial charge in [0.15, 0.2) is 0 Å². The highest BCUT2D eigenvalue weighted by Gasteiger charge is 2.12. The molecular weight excluding hydrogens is 384 g/mol. The van der Waals surface area contributed by atoms with Crippen molar-refractivity contribution in [3.05, 3.63) is 77.4 Å². The lowest BCUT2D eigenvalue weighted by atomic mass is 10.1. The quantitative estimate of drug-likeness (QED) is 0.272. The number of carbonyl (C=O) groups excluding carboxylic acids is 1. The summed E-state index contributed by atoms with van der Waals surface area (Å²) in [6, 6.07) is 17.6. The van der Waals surface area contributed by atoms with Crippen LogP contribution in [0, 0.1) is 0 Å². The molecule has 0 saturated carbocycles. The maximum absolute atomic E-state index is 11.7. The topological polar surface area (TPSA) is 76.1 Å². The minimum absolute atomic E-state index is 0.334. The molecule has 2 heterocycles. The van der Waals surface area contributed by atoms with Crippen LogP contribution in [0.1, 0.15) is 15.9 Å². The number of fused-ring (bicyclic) bond motifs is 1. The minimum Gasteiger partial charge on any atom is -0.465 e. The molecule has 0 fully saturated rings. The van der Waals surface area contributed by atoms with Gasteiger partial charge < -0.3 is 10.1 Å². The zero-order chi connectivity index (χ0) is 20.1. The van der Waals surface area contributed by atoms with Gasteiger partial charge in [0.1, 0.15) is 17.0 Å². The number of anilines is 1. The van der Waals surface area contributed by atoms with Crippen LogP contribution in [0.2, 0.25) is 0 Å². The SMILES string of the molecule is COC(=O)c1cccc(CNCNc2ncnc3scc(-c4ccccc4)c23)c1. The summed E-state index contributed by atoms with van der Waals surface area (Å²) in [7, 11) is 1.38. The molecule has 0 bridgehead atoms. The fourth-order valence-corrected chi connectivity index (χ4v) is 4.03. The molecular formula is C22H20N4O2S. The Kier molecular flexibility index (Phi) is 5.79. The van der Waals surface area contributed by atoms with E-state index < -0.39 is 0 Å². The van der Waals surface area contributed by atoms with Crippen molar-refractivity contribution in [3.63, 3.8) is 0 Å². The summed E-state index contributed by atoms with van der Waals surface area (Å²) < 4.78 is 4.77. The number of hydrogen-bond acceptors (Lipinski definition) is 7. The molecule has 0 aliphatic rings. The third-order valence-corrected chi connectivity index (χ3v) is 5.40. The average Bonchev–Trinajstić information content (AvgIpc) is 3.22. The fraction of sp³-hybridized carbons (Fsp3) is 0.136. The number of thiophene rings is 1. The highest BCUT2D eigenvalue weighted by molar-refractivity contribution is 7.17. The van der Waals surface area contributed by atoms with E-state index in [4.69, 9.17) is 4.74 Å². The third-order valence-electron chi connectivity index (χ3n) is 4.51. The molecule has 2 aromatic heterocycles. The number of esters is 1. The average molecular weight is 404 g/mol. The Labute approximate surface area is 172 Å². The first-order valence-electron chi connectivity index (χ1n) is 9.15. The van der Waals surface area contributed by atoms with Crippen molar-refractivity contribution >= 4 is 33.3 Å². The van der Waals surface area contributed by atoms with Gasteiger partial charge in [-0.3, -0.25) is 5.32 Å². The van der Waals surface area contributed by atoms with Gasteiger partial charge in [-0.05, 0) is 23.3 Å². The molecule has 0 aliphatic carbocycles. The smallest absolute Gasteiger partial charge is 0.337 e. The number of methoxy groups -OCH3 is 1. The maximum Gasteiger partial charge on any atom is 0.337 e. The fourth-order valence-electron chi connectivity index (χ4n) is 3.12. The van der Waals surface area contributed by atoms with E-state index in [0.717, 1.165) is 32.7 Å². The van der Waals surface area contributed by atoms with Gasteiger partial charge in [0.05, 0.1) is 24.7 Å². The highest BCUT2D eigenvalue weighted by Crippen LogP contribution is 2.36. The van der Waals surface area contributed by atoms with Crippen molar-refractivity contribution in [2.75, 3.05) is 19.1 Å². The first-order chi connectivity index (χ1) is 14.3. The Bertz CT molecular complexity index is 1130. The number of nitrogens with zero attached hydrogens (tertiary/aromatic N) is 2. The number of hydrogen-bond donors (Lipinski definition) is 2. The molecule has 0 aliphatic heterocycles. The summed E-state index contributed by atoms with van der Waals surface area (Å²) in [5, 5.41) is 9.83. The second-order valence-corrected chi connectivity index (χ2v) is 7.25. The lowest BCUT2D eigenvalue weighted by Crippen LogP contribution is -2.22. The molecule has 0 radical (unpaired) electrons. The second kappa shape index (κ2) is 8.81. The first-order valence-corrected chi connectivity index (χ1v) is 10.0. The Hall–Kier alpha value is -3.29. The van der Waals surface area contributed by atoms with Gasteiger partial charge in [0, 0.05) is 17.5 Å². The Morgan fingerprint density at radius 3 is 2.79 bits per heavy atom. The van der Waals surface area contributed by atoms with Crippen molar-refractivity contribution in [1.29, 1.82) is 0 Å². The van der Waals surface area contributed by atoms with E-state index in [0.29, 0.717) is 18.8 Å². The molecule has 2 N–H and O–H groups in total. The van der Waals surface area contributed by atoms with E-state index in [9.17, 15) is 4.79 Å². The molecule has 2 aromatic carbocycles. The predicted octanol–water partition coefficient (Wildman–Crippen LogP) is 4.30. The van der Waals surface area contributed by atoms with Crippen LogP contribution in [0.15, 0.2) is 66.3 Å². The van der Waals surface area contributed by atoms with E-state index in [-0.39, 0.29) is 5.97 Å². The van der Waals surface area contributed by atoms with E-state index in [1.807, 2.05) is 36.4 Å². The molecule has 0 unspecified atom stereocenters. The number of rotatable bonds is 7. The summed E-state index contributed by atoms with van der Waals surface area (Å²) in [5.74, 6) is 0.463. The van der Waals surface area contributed by atoms with Crippen LogP contribution in [0.25, 0.3) is 21.3 Å². The van der Waals surface area contributed by atoms with E-state index in [2.05, 4.69) is 38.1 Å². The van der Waals surface area contributed by atoms with Crippen LogP contribution in [0.4, 0.5) is 5.82 Å². The summed E-state index contributed by atoms with van der Waals surface area (Å²) in [5.41, 5.74) is 3.81. The number of benzene rings is 2. The number of ether oxygens (including phenoxy) is 1. The second-order valence-electron chi connectivity index (χ2n) is 6.39. The monoisotopic (exact) mass is 404 g/mol. The van der Waals surface area contributed by atoms with E-state index >= 15 is 0 Å². The molecule has 0 amide bonds. The standard InChI is InChI=1S/C22H20N4O2S/c1-28-22(27)17-9-5-6-15(10-17)11-23-13-24-20-19-18(16-7-3-2-4-8-16)12-29-21(19)26-14-25-20/h2-10,12,14,23H,11,13H2,1H3,(H,24,25,26). The predicted molar refractivity (Wildman–Crippen MR) is 116 cm³/mol. The molecule has 146 valence electrons. The Morgan fingerprint density at radius 2 is 1.97 bits per heavy atom. The van der Waals surface area contributed by atoms with Crippen molar-refractivity contribution in [3.8, 4) is 11.1 Å². The lowest BCUT2D eigenvalue weighted by molar-refractivity contribution is 0.0600. The Morgan fingerprint density at radius 1 is 1.10 bits per heavy atom. The number of aromatic nitrogens is 2. The van der Waals surface area contributed by atoms with Gasteiger partial charge in [-0.2, -0.15) is 0 Å².